The molecule has 4 nitrogen and oxygen atoms in total. The molecule has 2 aromatic carbocycles. The fourth-order valence-electron chi connectivity index (χ4n) is 2.06. The molecule has 0 saturated heterocycles. The molecule has 0 aliphatic heterocycles. The quantitative estimate of drug-likeness (QED) is 0.618. The third kappa shape index (κ3) is 4.03. The van der Waals surface area contributed by atoms with Gasteiger partial charge in [0.05, 0.1) is 4.92 Å². The van der Waals surface area contributed by atoms with Gasteiger partial charge < -0.3 is 5.32 Å². The second-order valence-corrected chi connectivity index (χ2v) is 5.95. The first-order valence-corrected chi connectivity index (χ1v) is 7.53. The molecule has 0 heterocycles. The number of halogens is 2. The molecular formula is C15H14BrClN2O2. The van der Waals surface area contributed by atoms with Crippen LogP contribution in [0.3, 0.4) is 0 Å². The topological polar surface area (TPSA) is 55.2 Å². The second kappa shape index (κ2) is 7.02. The van der Waals surface area contributed by atoms with E-state index in [-0.39, 0.29) is 10.6 Å². The lowest BCUT2D eigenvalue weighted by Crippen LogP contribution is -2.14. The van der Waals surface area contributed by atoms with E-state index < -0.39 is 0 Å². The van der Waals surface area contributed by atoms with Crippen molar-refractivity contribution < 1.29 is 4.92 Å². The molecule has 0 aliphatic rings. The predicted molar refractivity (Wildman–Crippen MR) is 87.5 cm³/mol. The minimum atomic E-state index is -0.353. The lowest BCUT2D eigenvalue weighted by Gasteiger charge is -2.09. The summed E-state index contributed by atoms with van der Waals surface area (Å²) in [7, 11) is 0. The van der Waals surface area contributed by atoms with E-state index >= 15 is 0 Å². The maximum Gasteiger partial charge on any atom is 0.272 e. The van der Waals surface area contributed by atoms with Crippen LogP contribution in [0.15, 0.2) is 40.9 Å². The normalized spacial score (nSPS) is 10.6. The van der Waals surface area contributed by atoms with E-state index in [4.69, 9.17) is 11.6 Å². The highest BCUT2D eigenvalue weighted by Crippen LogP contribution is 2.23. The molecule has 2 aromatic rings. The van der Waals surface area contributed by atoms with E-state index in [1.165, 1.54) is 6.07 Å². The van der Waals surface area contributed by atoms with Crippen LogP contribution in [-0.2, 0) is 13.1 Å². The van der Waals surface area contributed by atoms with Gasteiger partial charge in [-0.15, -0.1) is 0 Å². The summed E-state index contributed by atoms with van der Waals surface area (Å²) in [5.41, 5.74) is 2.86. The van der Waals surface area contributed by atoms with E-state index in [1.807, 2.05) is 24.3 Å². The SMILES string of the molecule is Cc1c(CNCc2ccc(Cl)cc2Br)cccc1[N+](=O)[O-]. The summed E-state index contributed by atoms with van der Waals surface area (Å²) in [6.45, 7) is 3.00. The summed E-state index contributed by atoms with van der Waals surface area (Å²) < 4.78 is 0.943. The number of hydrogen-bond donors (Lipinski definition) is 1. The van der Waals surface area contributed by atoms with Crippen LogP contribution in [0.5, 0.6) is 0 Å². The fraction of sp³-hybridized carbons (Fsp3) is 0.200. The molecule has 1 N–H and O–H groups in total. The minimum Gasteiger partial charge on any atom is -0.309 e. The summed E-state index contributed by atoms with van der Waals surface area (Å²) in [4.78, 5) is 10.6. The van der Waals surface area contributed by atoms with E-state index in [1.54, 1.807) is 13.0 Å². The summed E-state index contributed by atoms with van der Waals surface area (Å²) in [5, 5.41) is 14.9. The average molecular weight is 370 g/mol. The van der Waals surface area contributed by atoms with Gasteiger partial charge in [-0.05, 0) is 30.2 Å². The van der Waals surface area contributed by atoms with Gasteiger partial charge in [0, 0.05) is 34.2 Å². The number of hydrogen-bond acceptors (Lipinski definition) is 3. The molecule has 0 atom stereocenters. The largest absolute Gasteiger partial charge is 0.309 e. The van der Waals surface area contributed by atoms with Crippen LogP contribution >= 0.6 is 27.5 Å². The first-order chi connectivity index (χ1) is 9.99. The highest BCUT2D eigenvalue weighted by atomic mass is 79.9. The van der Waals surface area contributed by atoms with Crippen molar-refractivity contribution in [1.82, 2.24) is 5.32 Å². The zero-order chi connectivity index (χ0) is 15.4. The molecule has 0 fully saturated rings. The lowest BCUT2D eigenvalue weighted by molar-refractivity contribution is -0.385. The van der Waals surface area contributed by atoms with Gasteiger partial charge in [-0.2, -0.15) is 0 Å². The van der Waals surface area contributed by atoms with Crippen molar-refractivity contribution in [1.29, 1.82) is 0 Å². The molecule has 0 radical (unpaired) electrons. The van der Waals surface area contributed by atoms with Crippen LogP contribution in [0.25, 0.3) is 0 Å². The molecule has 0 saturated carbocycles. The molecule has 6 heteroatoms. The Balaban J connectivity index is 2.04. The van der Waals surface area contributed by atoms with Gasteiger partial charge in [0.25, 0.3) is 5.69 Å². The van der Waals surface area contributed by atoms with E-state index in [0.29, 0.717) is 23.7 Å². The Morgan fingerprint density at radius 3 is 2.62 bits per heavy atom. The first kappa shape index (κ1) is 15.9. The lowest BCUT2D eigenvalue weighted by atomic mass is 10.1. The highest BCUT2D eigenvalue weighted by molar-refractivity contribution is 9.10. The van der Waals surface area contributed by atoms with Gasteiger partial charge in [-0.1, -0.05) is 45.7 Å². The average Bonchev–Trinajstić information content (AvgIpc) is 2.42. The van der Waals surface area contributed by atoms with Crippen molar-refractivity contribution in [2.75, 3.05) is 0 Å². The number of nitrogens with one attached hydrogen (secondary N) is 1. The molecule has 0 aromatic heterocycles. The monoisotopic (exact) mass is 368 g/mol. The van der Waals surface area contributed by atoms with Crippen molar-refractivity contribution in [3.63, 3.8) is 0 Å². The van der Waals surface area contributed by atoms with Crippen LogP contribution in [0, 0.1) is 17.0 Å². The van der Waals surface area contributed by atoms with Crippen molar-refractivity contribution in [3.05, 3.63) is 72.7 Å². The summed E-state index contributed by atoms with van der Waals surface area (Å²) in [6.07, 6.45) is 0. The maximum atomic E-state index is 10.9. The van der Waals surface area contributed by atoms with Gasteiger partial charge in [-0.3, -0.25) is 10.1 Å². The number of benzene rings is 2. The second-order valence-electron chi connectivity index (χ2n) is 4.66. The summed E-state index contributed by atoms with van der Waals surface area (Å²) in [6, 6.07) is 10.8. The third-order valence-electron chi connectivity index (χ3n) is 3.26. The smallest absolute Gasteiger partial charge is 0.272 e. The maximum absolute atomic E-state index is 10.9. The van der Waals surface area contributed by atoms with Gasteiger partial charge in [0.15, 0.2) is 0 Å². The van der Waals surface area contributed by atoms with Gasteiger partial charge in [-0.25, -0.2) is 0 Å². The minimum absolute atomic E-state index is 0.155. The van der Waals surface area contributed by atoms with Gasteiger partial charge >= 0.3 is 0 Å². The Hall–Kier alpha value is -1.43. The molecule has 0 unspecified atom stereocenters. The zero-order valence-electron chi connectivity index (χ0n) is 11.4. The van der Waals surface area contributed by atoms with Crippen LogP contribution in [0.2, 0.25) is 5.02 Å². The Bertz CT molecular complexity index is 677. The highest BCUT2D eigenvalue weighted by Gasteiger charge is 2.12. The standard InChI is InChI=1S/C15H14BrClN2O2/c1-10-11(3-2-4-15(10)19(20)21)8-18-9-12-5-6-13(17)7-14(12)16/h2-7,18H,8-9H2,1H3. The van der Waals surface area contributed by atoms with Crippen LogP contribution in [0.1, 0.15) is 16.7 Å². The molecule has 0 bridgehead atoms. The first-order valence-electron chi connectivity index (χ1n) is 6.36. The Labute approximate surface area is 136 Å². The summed E-state index contributed by atoms with van der Waals surface area (Å²) in [5.74, 6) is 0. The van der Waals surface area contributed by atoms with Crippen molar-refractivity contribution in [3.8, 4) is 0 Å². The molecular weight excluding hydrogens is 356 g/mol. The zero-order valence-corrected chi connectivity index (χ0v) is 13.7. The van der Waals surface area contributed by atoms with E-state index in [0.717, 1.165) is 15.6 Å². The fourth-order valence-corrected chi connectivity index (χ4v) is 2.88. The van der Waals surface area contributed by atoms with E-state index in [2.05, 4.69) is 21.2 Å². The number of nitro benzene ring substituents is 1. The van der Waals surface area contributed by atoms with Crippen LogP contribution < -0.4 is 5.32 Å². The summed E-state index contributed by atoms with van der Waals surface area (Å²) >= 11 is 9.37. The third-order valence-corrected chi connectivity index (χ3v) is 4.23. The molecule has 0 spiro atoms. The number of nitro groups is 1. The van der Waals surface area contributed by atoms with E-state index in [9.17, 15) is 10.1 Å². The van der Waals surface area contributed by atoms with Gasteiger partial charge in [0.1, 0.15) is 0 Å². The van der Waals surface area contributed by atoms with Crippen molar-refractivity contribution >= 4 is 33.2 Å². The van der Waals surface area contributed by atoms with Crippen molar-refractivity contribution in [2.24, 2.45) is 0 Å². The number of nitrogens with zero attached hydrogens (tertiary/aromatic N) is 1. The molecule has 0 amide bonds. The van der Waals surface area contributed by atoms with Crippen LogP contribution in [-0.4, -0.2) is 4.92 Å². The predicted octanol–water partition coefficient (Wildman–Crippen LogP) is 4.61. The van der Waals surface area contributed by atoms with Gasteiger partial charge in [0.2, 0.25) is 0 Å². The number of rotatable bonds is 5. The Morgan fingerprint density at radius 1 is 1.24 bits per heavy atom. The molecule has 0 aliphatic carbocycles. The van der Waals surface area contributed by atoms with Crippen molar-refractivity contribution in [2.45, 2.75) is 20.0 Å². The molecule has 2 rings (SSSR count). The molecule has 110 valence electrons. The van der Waals surface area contributed by atoms with Crippen LogP contribution in [0.4, 0.5) is 5.69 Å². The Morgan fingerprint density at radius 2 is 1.95 bits per heavy atom. The Kier molecular flexibility index (Phi) is 5.33. The molecule has 21 heavy (non-hydrogen) atoms.